The number of aryl methyl sites for hydroxylation is 1. The van der Waals surface area contributed by atoms with Gasteiger partial charge in [0.25, 0.3) is 0 Å². The van der Waals surface area contributed by atoms with Crippen LogP contribution in [0, 0.1) is 25.2 Å². The van der Waals surface area contributed by atoms with Crippen LogP contribution in [-0.2, 0) is 0 Å². The molecule has 1 aromatic heterocycles. The average Bonchev–Trinajstić information content (AvgIpc) is 2.74. The van der Waals surface area contributed by atoms with E-state index in [0.717, 1.165) is 24.1 Å². The van der Waals surface area contributed by atoms with Gasteiger partial charge in [-0.25, -0.2) is 0 Å². The van der Waals surface area contributed by atoms with Gasteiger partial charge in [0.05, 0.1) is 5.69 Å². The maximum atomic E-state index is 9.30. The summed E-state index contributed by atoms with van der Waals surface area (Å²) in [4.78, 5) is 0. The number of aromatic nitrogens is 2. The number of piperidine rings is 1. The topological polar surface area (TPSA) is 73.6 Å². The molecule has 1 aromatic rings. The number of hydrogen-bond acceptors (Lipinski definition) is 5. The highest BCUT2D eigenvalue weighted by Gasteiger charge is 2.33. The van der Waals surface area contributed by atoms with Crippen LogP contribution < -0.4 is 10.6 Å². The highest BCUT2D eigenvalue weighted by Crippen LogP contribution is 2.29. The van der Waals surface area contributed by atoms with Gasteiger partial charge in [-0.05, 0) is 45.1 Å². The smallest absolute Gasteiger partial charge is 0.167 e. The maximum Gasteiger partial charge on any atom is 0.167 e. The van der Waals surface area contributed by atoms with Crippen LogP contribution in [0.2, 0.25) is 0 Å². The average molecular weight is 257 g/mol. The van der Waals surface area contributed by atoms with Crippen LogP contribution in [0.5, 0.6) is 0 Å². The van der Waals surface area contributed by atoms with E-state index in [1.807, 2.05) is 13.8 Å². The van der Waals surface area contributed by atoms with Gasteiger partial charge in [0.2, 0.25) is 0 Å². The van der Waals surface area contributed by atoms with Gasteiger partial charge < -0.3 is 10.6 Å². The molecule has 2 aliphatic rings. The van der Waals surface area contributed by atoms with Crippen LogP contribution in [0.3, 0.4) is 0 Å². The molecule has 3 rings (SSSR count). The standard InChI is InChI=1S/C14H19N5/c1-8-9(2)18-19-14(13(8)7-15)17-12-5-10-3-4-11(6-12)16-10/h10-12,16H,3-6H2,1-2H3,(H,17,19). The van der Waals surface area contributed by atoms with E-state index >= 15 is 0 Å². The second kappa shape index (κ2) is 4.78. The Balaban J connectivity index is 1.80. The molecular weight excluding hydrogens is 238 g/mol. The molecule has 19 heavy (non-hydrogen) atoms. The first kappa shape index (κ1) is 12.4. The highest BCUT2D eigenvalue weighted by atomic mass is 15.2. The fourth-order valence-corrected chi connectivity index (χ4v) is 3.21. The molecule has 5 nitrogen and oxygen atoms in total. The lowest BCUT2D eigenvalue weighted by Gasteiger charge is -2.30. The number of nitrogens with one attached hydrogen (secondary N) is 2. The highest BCUT2D eigenvalue weighted by molar-refractivity contribution is 5.56. The van der Waals surface area contributed by atoms with Gasteiger partial charge in [0, 0.05) is 18.1 Å². The van der Waals surface area contributed by atoms with Gasteiger partial charge >= 0.3 is 0 Å². The summed E-state index contributed by atoms with van der Waals surface area (Å²) in [6.07, 6.45) is 4.76. The predicted octanol–water partition coefficient (Wildman–Crippen LogP) is 1.66. The van der Waals surface area contributed by atoms with Crippen molar-refractivity contribution in [1.82, 2.24) is 15.5 Å². The fourth-order valence-electron chi connectivity index (χ4n) is 3.21. The van der Waals surface area contributed by atoms with Gasteiger partial charge in [0.1, 0.15) is 11.6 Å². The Bertz CT molecular complexity index is 521. The molecule has 3 heterocycles. The molecule has 0 radical (unpaired) electrons. The minimum atomic E-state index is 0.405. The molecule has 0 aromatic carbocycles. The summed E-state index contributed by atoms with van der Waals surface area (Å²) in [5.74, 6) is 0.650. The lowest BCUT2D eigenvalue weighted by molar-refractivity contribution is 0.377. The summed E-state index contributed by atoms with van der Waals surface area (Å²) >= 11 is 0. The quantitative estimate of drug-likeness (QED) is 0.843. The lowest BCUT2D eigenvalue weighted by Crippen LogP contribution is -2.43. The Labute approximate surface area is 113 Å². The second-order valence-electron chi connectivity index (χ2n) is 5.70. The first-order valence-electron chi connectivity index (χ1n) is 6.94. The number of hydrogen-bond donors (Lipinski definition) is 2. The minimum Gasteiger partial charge on any atom is -0.365 e. The monoisotopic (exact) mass is 257 g/mol. The van der Waals surface area contributed by atoms with Crippen molar-refractivity contribution in [1.29, 1.82) is 5.26 Å². The van der Waals surface area contributed by atoms with Crippen molar-refractivity contribution in [2.24, 2.45) is 0 Å². The zero-order chi connectivity index (χ0) is 13.4. The predicted molar refractivity (Wildman–Crippen MR) is 72.8 cm³/mol. The van der Waals surface area contributed by atoms with Crippen LogP contribution in [0.4, 0.5) is 5.82 Å². The SMILES string of the molecule is Cc1nnc(NC2CC3CCC(C2)N3)c(C#N)c1C. The van der Waals surface area contributed by atoms with E-state index in [1.165, 1.54) is 12.8 Å². The Morgan fingerprint density at radius 3 is 2.53 bits per heavy atom. The molecule has 0 aliphatic carbocycles. The summed E-state index contributed by atoms with van der Waals surface area (Å²) in [5.41, 5.74) is 2.39. The Morgan fingerprint density at radius 2 is 1.89 bits per heavy atom. The first-order chi connectivity index (χ1) is 9.17. The van der Waals surface area contributed by atoms with Crippen LogP contribution in [0.15, 0.2) is 0 Å². The summed E-state index contributed by atoms with van der Waals surface area (Å²) in [7, 11) is 0. The van der Waals surface area contributed by atoms with Crippen molar-refractivity contribution in [3.05, 3.63) is 16.8 Å². The van der Waals surface area contributed by atoms with Crippen LogP contribution in [0.1, 0.15) is 42.5 Å². The molecule has 2 unspecified atom stereocenters. The summed E-state index contributed by atoms with van der Waals surface area (Å²) in [6, 6.07) is 3.91. The third-order valence-corrected chi connectivity index (χ3v) is 4.38. The molecular formula is C14H19N5. The summed E-state index contributed by atoms with van der Waals surface area (Å²) in [5, 5.41) is 24.6. The van der Waals surface area contributed by atoms with E-state index < -0.39 is 0 Å². The number of fused-ring (bicyclic) bond motifs is 2. The van der Waals surface area contributed by atoms with Crippen LogP contribution >= 0.6 is 0 Å². The number of anilines is 1. The maximum absolute atomic E-state index is 9.30. The Morgan fingerprint density at radius 1 is 1.21 bits per heavy atom. The molecule has 0 amide bonds. The Kier molecular flexibility index (Phi) is 3.11. The normalized spacial score (nSPS) is 29.0. The van der Waals surface area contributed by atoms with Gasteiger partial charge in [-0.1, -0.05) is 0 Å². The zero-order valence-corrected chi connectivity index (χ0v) is 11.4. The number of nitriles is 1. The molecule has 0 saturated carbocycles. The summed E-state index contributed by atoms with van der Waals surface area (Å²) < 4.78 is 0. The zero-order valence-electron chi connectivity index (χ0n) is 11.4. The molecule has 100 valence electrons. The molecule has 2 N–H and O–H groups in total. The number of rotatable bonds is 2. The third kappa shape index (κ3) is 2.28. The molecule has 0 spiro atoms. The largest absolute Gasteiger partial charge is 0.365 e. The van der Waals surface area contributed by atoms with Crippen molar-refractivity contribution in [3.63, 3.8) is 0 Å². The fraction of sp³-hybridized carbons (Fsp3) is 0.643. The molecule has 2 fully saturated rings. The number of nitrogens with zero attached hydrogens (tertiary/aromatic N) is 3. The molecule has 2 bridgehead atoms. The third-order valence-electron chi connectivity index (χ3n) is 4.38. The Hall–Kier alpha value is -1.67. The summed E-state index contributed by atoms with van der Waals surface area (Å²) in [6.45, 7) is 3.82. The van der Waals surface area contributed by atoms with Crippen LogP contribution in [-0.4, -0.2) is 28.3 Å². The van der Waals surface area contributed by atoms with Crippen molar-refractivity contribution < 1.29 is 0 Å². The van der Waals surface area contributed by atoms with Crippen molar-refractivity contribution >= 4 is 5.82 Å². The van der Waals surface area contributed by atoms with E-state index in [9.17, 15) is 5.26 Å². The van der Waals surface area contributed by atoms with Gasteiger partial charge in [-0.3, -0.25) is 0 Å². The molecule has 2 atom stereocenters. The lowest BCUT2D eigenvalue weighted by atomic mass is 9.99. The van der Waals surface area contributed by atoms with E-state index in [1.54, 1.807) is 0 Å². The van der Waals surface area contributed by atoms with E-state index in [4.69, 9.17) is 0 Å². The molecule has 2 saturated heterocycles. The van der Waals surface area contributed by atoms with Crippen LogP contribution in [0.25, 0.3) is 0 Å². The van der Waals surface area contributed by atoms with Crippen molar-refractivity contribution in [2.45, 2.75) is 57.7 Å². The minimum absolute atomic E-state index is 0.405. The van der Waals surface area contributed by atoms with E-state index in [-0.39, 0.29) is 0 Å². The van der Waals surface area contributed by atoms with E-state index in [2.05, 4.69) is 26.9 Å². The molecule has 5 heteroatoms. The van der Waals surface area contributed by atoms with E-state index in [0.29, 0.717) is 29.5 Å². The van der Waals surface area contributed by atoms with Gasteiger partial charge in [-0.2, -0.15) is 10.4 Å². The van der Waals surface area contributed by atoms with Gasteiger partial charge in [0.15, 0.2) is 5.82 Å². The first-order valence-corrected chi connectivity index (χ1v) is 6.94. The van der Waals surface area contributed by atoms with Crippen molar-refractivity contribution in [2.75, 3.05) is 5.32 Å². The molecule has 2 aliphatic heterocycles. The van der Waals surface area contributed by atoms with Crippen molar-refractivity contribution in [3.8, 4) is 6.07 Å². The second-order valence-corrected chi connectivity index (χ2v) is 5.70. The van der Waals surface area contributed by atoms with Gasteiger partial charge in [-0.15, -0.1) is 5.10 Å².